The summed E-state index contributed by atoms with van der Waals surface area (Å²) in [4.78, 5) is 12.4. The summed E-state index contributed by atoms with van der Waals surface area (Å²) in [7, 11) is 1.87. The van der Waals surface area contributed by atoms with E-state index in [4.69, 9.17) is 21.1 Å². The van der Waals surface area contributed by atoms with Gasteiger partial charge in [-0.15, -0.1) is 10.2 Å². The van der Waals surface area contributed by atoms with E-state index in [2.05, 4.69) is 15.5 Å². The molecule has 0 aliphatic carbocycles. The zero-order valence-corrected chi connectivity index (χ0v) is 18.2. The third-order valence-corrected chi connectivity index (χ3v) is 5.90. The Hall–Kier alpha value is -2.71. The average Bonchev–Trinajstić information content (AvgIpc) is 2.94. The first kappa shape index (κ1) is 20.6. The van der Waals surface area contributed by atoms with E-state index in [1.807, 2.05) is 42.8 Å². The molecule has 3 aromatic rings. The van der Waals surface area contributed by atoms with Crippen molar-refractivity contribution in [3.05, 3.63) is 47.0 Å². The molecule has 7 nitrogen and oxygen atoms in total. The third kappa shape index (κ3) is 4.55. The summed E-state index contributed by atoms with van der Waals surface area (Å²) in [6.07, 6.45) is 0.853. The highest BCUT2D eigenvalue weighted by Gasteiger charge is 2.17. The standard InChI is InChI=1S/C21H21ClN4O3S/c1-13-4-6-15(22)11-16(13)23-19(27)12-30-21-25-24-20(26(21)2)14-5-7-17-18(10-14)29-9-3-8-28-17/h4-7,10-11H,3,8-9,12H2,1-2H3,(H,23,27). The van der Waals surface area contributed by atoms with Gasteiger partial charge in [-0.3, -0.25) is 4.79 Å². The number of anilines is 1. The number of rotatable bonds is 5. The molecule has 0 unspecified atom stereocenters. The first-order valence-corrected chi connectivity index (χ1v) is 10.9. The lowest BCUT2D eigenvalue weighted by Gasteiger charge is -2.10. The van der Waals surface area contributed by atoms with Crippen LogP contribution in [-0.2, 0) is 11.8 Å². The van der Waals surface area contributed by atoms with Gasteiger partial charge in [0.1, 0.15) is 0 Å². The minimum Gasteiger partial charge on any atom is -0.490 e. The summed E-state index contributed by atoms with van der Waals surface area (Å²) in [5.41, 5.74) is 2.53. The van der Waals surface area contributed by atoms with Crippen LogP contribution in [0.1, 0.15) is 12.0 Å². The van der Waals surface area contributed by atoms with Gasteiger partial charge in [0.15, 0.2) is 22.5 Å². The number of hydrogen-bond donors (Lipinski definition) is 1. The van der Waals surface area contributed by atoms with Crippen LogP contribution in [0.3, 0.4) is 0 Å². The van der Waals surface area contributed by atoms with Gasteiger partial charge in [0, 0.05) is 29.7 Å². The van der Waals surface area contributed by atoms with Crippen molar-refractivity contribution >= 4 is 35.0 Å². The number of nitrogens with zero attached hydrogens (tertiary/aromatic N) is 3. The lowest BCUT2D eigenvalue weighted by molar-refractivity contribution is -0.113. The summed E-state index contributed by atoms with van der Waals surface area (Å²) in [6.45, 7) is 3.19. The quantitative estimate of drug-likeness (QED) is 0.590. The minimum atomic E-state index is -0.134. The summed E-state index contributed by atoms with van der Waals surface area (Å²) in [6, 6.07) is 11.1. The molecule has 9 heteroatoms. The second kappa shape index (κ2) is 8.97. The lowest BCUT2D eigenvalue weighted by Crippen LogP contribution is -2.15. The third-order valence-electron chi connectivity index (χ3n) is 4.65. The summed E-state index contributed by atoms with van der Waals surface area (Å²) in [5, 5.41) is 12.6. The number of thioether (sulfide) groups is 1. The summed E-state index contributed by atoms with van der Waals surface area (Å²) < 4.78 is 13.3. The first-order chi connectivity index (χ1) is 14.5. The van der Waals surface area contributed by atoms with E-state index in [1.54, 1.807) is 12.1 Å². The second-order valence-corrected chi connectivity index (χ2v) is 8.25. The number of carbonyl (C=O) groups is 1. The molecule has 1 N–H and O–H groups in total. The Bertz CT molecular complexity index is 1090. The minimum absolute atomic E-state index is 0.134. The van der Waals surface area contributed by atoms with Crippen LogP contribution in [0.4, 0.5) is 5.69 Å². The number of nitrogens with one attached hydrogen (secondary N) is 1. The molecule has 2 heterocycles. The fraction of sp³-hybridized carbons (Fsp3) is 0.286. The second-order valence-electron chi connectivity index (χ2n) is 6.87. The fourth-order valence-corrected chi connectivity index (χ4v) is 3.92. The highest BCUT2D eigenvalue weighted by Crippen LogP contribution is 2.34. The zero-order chi connectivity index (χ0) is 21.1. The Labute approximate surface area is 183 Å². The molecule has 2 aromatic carbocycles. The Kier molecular flexibility index (Phi) is 6.15. The van der Waals surface area contributed by atoms with Crippen LogP contribution in [0, 0.1) is 6.92 Å². The van der Waals surface area contributed by atoms with E-state index < -0.39 is 0 Å². The molecule has 1 aliphatic rings. The predicted octanol–water partition coefficient (Wildman–Crippen LogP) is 4.34. The fourth-order valence-electron chi connectivity index (χ4n) is 3.04. The molecular weight excluding hydrogens is 424 g/mol. The van der Waals surface area contributed by atoms with Crippen molar-refractivity contribution in [3.63, 3.8) is 0 Å². The molecule has 156 valence electrons. The molecule has 0 bridgehead atoms. The van der Waals surface area contributed by atoms with Crippen LogP contribution < -0.4 is 14.8 Å². The van der Waals surface area contributed by atoms with Crippen LogP contribution in [0.5, 0.6) is 11.5 Å². The molecule has 1 aliphatic heterocycles. The molecule has 30 heavy (non-hydrogen) atoms. The van der Waals surface area contributed by atoms with E-state index in [9.17, 15) is 4.79 Å². The van der Waals surface area contributed by atoms with Gasteiger partial charge in [0.2, 0.25) is 5.91 Å². The highest BCUT2D eigenvalue weighted by molar-refractivity contribution is 7.99. The Morgan fingerprint density at radius 3 is 2.80 bits per heavy atom. The number of halogens is 1. The number of amides is 1. The van der Waals surface area contributed by atoms with E-state index in [0.29, 0.717) is 40.7 Å². The van der Waals surface area contributed by atoms with Crippen molar-refractivity contribution in [2.75, 3.05) is 24.3 Å². The zero-order valence-electron chi connectivity index (χ0n) is 16.6. The molecule has 0 spiro atoms. The Balaban J connectivity index is 1.44. The largest absolute Gasteiger partial charge is 0.490 e. The van der Waals surface area contributed by atoms with Crippen molar-refractivity contribution in [1.29, 1.82) is 0 Å². The predicted molar refractivity (Wildman–Crippen MR) is 118 cm³/mol. The van der Waals surface area contributed by atoms with Gasteiger partial charge in [-0.1, -0.05) is 29.4 Å². The first-order valence-electron chi connectivity index (χ1n) is 9.49. The number of aromatic nitrogens is 3. The van der Waals surface area contributed by atoms with E-state index >= 15 is 0 Å². The van der Waals surface area contributed by atoms with Crippen LogP contribution in [-0.4, -0.2) is 39.6 Å². The monoisotopic (exact) mass is 444 g/mol. The number of aryl methyl sites for hydroxylation is 1. The van der Waals surface area contributed by atoms with Gasteiger partial charge in [0.05, 0.1) is 19.0 Å². The van der Waals surface area contributed by atoms with Crippen LogP contribution in [0.2, 0.25) is 5.02 Å². The van der Waals surface area contributed by atoms with Crippen LogP contribution >= 0.6 is 23.4 Å². The maximum absolute atomic E-state index is 12.4. The van der Waals surface area contributed by atoms with Gasteiger partial charge in [0.25, 0.3) is 0 Å². The average molecular weight is 445 g/mol. The van der Waals surface area contributed by atoms with Crippen LogP contribution in [0.15, 0.2) is 41.6 Å². The number of benzene rings is 2. The highest BCUT2D eigenvalue weighted by atomic mass is 35.5. The number of hydrogen-bond acceptors (Lipinski definition) is 6. The topological polar surface area (TPSA) is 78.3 Å². The Morgan fingerprint density at radius 1 is 1.17 bits per heavy atom. The molecule has 1 aromatic heterocycles. The van der Waals surface area contributed by atoms with Gasteiger partial charge in [-0.05, 0) is 42.8 Å². The van der Waals surface area contributed by atoms with Crippen molar-refractivity contribution in [2.45, 2.75) is 18.5 Å². The molecule has 4 rings (SSSR count). The molecule has 0 radical (unpaired) electrons. The van der Waals surface area contributed by atoms with E-state index in [-0.39, 0.29) is 11.7 Å². The van der Waals surface area contributed by atoms with Crippen molar-refractivity contribution in [2.24, 2.45) is 7.05 Å². The van der Waals surface area contributed by atoms with Gasteiger partial charge < -0.3 is 19.4 Å². The van der Waals surface area contributed by atoms with E-state index in [1.165, 1.54) is 11.8 Å². The SMILES string of the molecule is Cc1ccc(Cl)cc1NC(=O)CSc1nnc(-c2ccc3c(c2)OCCCO3)n1C. The Morgan fingerprint density at radius 2 is 1.97 bits per heavy atom. The number of carbonyl (C=O) groups excluding carboxylic acids is 1. The van der Waals surface area contributed by atoms with Crippen molar-refractivity contribution in [1.82, 2.24) is 14.8 Å². The van der Waals surface area contributed by atoms with Gasteiger partial charge in [-0.2, -0.15) is 0 Å². The van der Waals surface area contributed by atoms with Crippen molar-refractivity contribution < 1.29 is 14.3 Å². The summed E-state index contributed by atoms with van der Waals surface area (Å²) in [5.74, 6) is 2.21. The lowest BCUT2D eigenvalue weighted by atomic mass is 10.2. The molecule has 0 saturated heterocycles. The van der Waals surface area contributed by atoms with Gasteiger partial charge in [-0.25, -0.2) is 0 Å². The molecule has 0 atom stereocenters. The number of fused-ring (bicyclic) bond motifs is 1. The molecule has 1 amide bonds. The van der Waals surface area contributed by atoms with Crippen molar-refractivity contribution in [3.8, 4) is 22.9 Å². The maximum Gasteiger partial charge on any atom is 0.234 e. The van der Waals surface area contributed by atoms with E-state index in [0.717, 1.165) is 23.3 Å². The van der Waals surface area contributed by atoms with Gasteiger partial charge >= 0.3 is 0 Å². The number of ether oxygens (including phenoxy) is 2. The smallest absolute Gasteiger partial charge is 0.234 e. The molecule has 0 fully saturated rings. The summed E-state index contributed by atoms with van der Waals surface area (Å²) >= 11 is 7.33. The molecule has 0 saturated carbocycles. The molecular formula is C21H21ClN4O3S. The van der Waals surface area contributed by atoms with Crippen LogP contribution in [0.25, 0.3) is 11.4 Å². The maximum atomic E-state index is 12.4. The normalized spacial score (nSPS) is 13.0.